The Labute approximate surface area is 257 Å². The highest BCUT2D eigenvalue weighted by Gasteiger charge is 2.30. The fourth-order valence-corrected chi connectivity index (χ4v) is 4.55. The Morgan fingerprint density at radius 1 is 1.12 bits per heavy atom. The second kappa shape index (κ2) is 15.5. The molecule has 10 nitrogen and oxygen atoms in total. The molecule has 3 heterocycles. The lowest BCUT2D eigenvalue weighted by atomic mass is 10.0. The number of nitrogens with zero attached hydrogens (tertiary/aromatic N) is 4. The molecule has 3 aromatic heterocycles. The van der Waals surface area contributed by atoms with Crippen molar-refractivity contribution in [1.82, 2.24) is 19.6 Å². The quantitative estimate of drug-likeness (QED) is 0.110. The number of thiol groups is 2. The molecule has 0 aliphatic heterocycles. The number of nitrogens with one attached hydrogen (secondary N) is 2. The molecule has 1 aliphatic rings. The molecule has 1 unspecified atom stereocenters. The van der Waals surface area contributed by atoms with E-state index in [-0.39, 0.29) is 34.7 Å². The Morgan fingerprint density at radius 2 is 1.83 bits per heavy atom. The molecule has 1 aromatic carbocycles. The molecule has 0 bridgehead atoms. The number of ether oxygens (including phenoxy) is 1. The maximum atomic E-state index is 13.0. The third-order valence-corrected chi connectivity index (χ3v) is 6.83. The average Bonchev–Trinajstić information content (AvgIpc) is 3.69. The van der Waals surface area contributed by atoms with Crippen molar-refractivity contribution in [3.8, 4) is 11.5 Å². The number of oxazole rings is 1. The summed E-state index contributed by atoms with van der Waals surface area (Å²) in [7, 11) is 0. The van der Waals surface area contributed by atoms with E-state index in [4.69, 9.17) is 21.8 Å². The topological polar surface area (TPSA) is 124 Å². The van der Waals surface area contributed by atoms with Crippen molar-refractivity contribution in [3.05, 3.63) is 72.6 Å². The summed E-state index contributed by atoms with van der Waals surface area (Å²) in [5.41, 5.74) is 2.58. The standard InChI is InChI=1S/C27H30N6O4S.C2H4.CH4S/c1-4-5-6-22(38)20-11-9-18(13-21(20)29-26(35)24-15(2)28-16(3)36-24)37-19-10-12-23-30-27(32-33(23)14-19)31-25(34)17-7-8-17;2*1-2/h9-14,17,22,38H,4-8H2,1-3H3,(H,29,35)(H,31,32,34);1-2H2;2H,1H3. The van der Waals surface area contributed by atoms with E-state index in [0.29, 0.717) is 34.4 Å². The predicted molar refractivity (Wildman–Crippen MR) is 172 cm³/mol. The number of pyridine rings is 1. The summed E-state index contributed by atoms with van der Waals surface area (Å²) in [6, 6.07) is 9.06. The zero-order valence-electron chi connectivity index (χ0n) is 24.4. The summed E-state index contributed by atoms with van der Waals surface area (Å²) in [6.07, 6.45) is 8.12. The second-order valence-electron chi connectivity index (χ2n) is 9.48. The first-order valence-corrected chi connectivity index (χ1v) is 15.1. The minimum absolute atomic E-state index is 0.0517. The summed E-state index contributed by atoms with van der Waals surface area (Å²) in [5.74, 6) is 1.53. The van der Waals surface area contributed by atoms with Crippen molar-refractivity contribution in [2.75, 3.05) is 16.9 Å². The van der Waals surface area contributed by atoms with Crippen LogP contribution in [0.4, 0.5) is 11.6 Å². The maximum absolute atomic E-state index is 13.0. The number of aromatic nitrogens is 4. The number of anilines is 2. The molecule has 0 radical (unpaired) electrons. The number of fused-ring (bicyclic) bond motifs is 1. The Kier molecular flexibility index (Phi) is 12.0. The van der Waals surface area contributed by atoms with Crippen LogP contribution in [0.1, 0.15) is 72.0 Å². The predicted octanol–water partition coefficient (Wildman–Crippen LogP) is 7.24. The Morgan fingerprint density at radius 3 is 2.48 bits per heavy atom. The van der Waals surface area contributed by atoms with Crippen LogP contribution in [-0.2, 0) is 4.79 Å². The molecule has 12 heteroatoms. The number of unbranched alkanes of at least 4 members (excludes halogenated alkanes) is 1. The van der Waals surface area contributed by atoms with Gasteiger partial charge in [0.2, 0.25) is 17.6 Å². The molecule has 1 atom stereocenters. The monoisotopic (exact) mass is 610 g/mol. The molecule has 4 aromatic rings. The summed E-state index contributed by atoms with van der Waals surface area (Å²) >= 11 is 8.33. The van der Waals surface area contributed by atoms with Crippen LogP contribution in [0.2, 0.25) is 0 Å². The third kappa shape index (κ3) is 8.39. The number of rotatable bonds is 10. The van der Waals surface area contributed by atoms with E-state index in [1.54, 1.807) is 49.0 Å². The molecule has 224 valence electrons. The van der Waals surface area contributed by atoms with Gasteiger partial charge in [0.25, 0.3) is 5.91 Å². The zero-order valence-corrected chi connectivity index (χ0v) is 26.2. The number of hydrogen-bond donors (Lipinski definition) is 4. The lowest BCUT2D eigenvalue weighted by Crippen LogP contribution is -2.14. The van der Waals surface area contributed by atoms with Gasteiger partial charge in [-0.25, -0.2) is 9.50 Å². The van der Waals surface area contributed by atoms with Gasteiger partial charge in [-0.05, 0) is 56.2 Å². The molecular weight excluding hydrogens is 573 g/mol. The van der Waals surface area contributed by atoms with Crippen molar-refractivity contribution in [1.29, 1.82) is 0 Å². The fraction of sp³-hybridized carbons (Fsp3) is 0.367. The van der Waals surface area contributed by atoms with Crippen LogP contribution in [0.3, 0.4) is 0 Å². The number of carbonyl (C=O) groups excluding carboxylic acids is 2. The molecule has 0 saturated heterocycles. The average molecular weight is 611 g/mol. The Hall–Kier alpha value is -3.77. The van der Waals surface area contributed by atoms with Crippen LogP contribution < -0.4 is 15.4 Å². The van der Waals surface area contributed by atoms with Crippen LogP contribution in [0.25, 0.3) is 5.65 Å². The first-order chi connectivity index (χ1) is 20.3. The van der Waals surface area contributed by atoms with E-state index < -0.39 is 0 Å². The Balaban J connectivity index is 0.00000116. The Bertz CT molecular complexity index is 1510. The number of benzene rings is 1. The smallest absolute Gasteiger partial charge is 0.293 e. The molecule has 42 heavy (non-hydrogen) atoms. The van der Waals surface area contributed by atoms with Gasteiger partial charge in [0.1, 0.15) is 11.5 Å². The van der Waals surface area contributed by atoms with Crippen LogP contribution in [0, 0.1) is 19.8 Å². The van der Waals surface area contributed by atoms with Gasteiger partial charge >= 0.3 is 0 Å². The highest BCUT2D eigenvalue weighted by molar-refractivity contribution is 7.80. The van der Waals surface area contributed by atoms with E-state index in [9.17, 15) is 9.59 Å². The molecule has 1 fully saturated rings. The van der Waals surface area contributed by atoms with Crippen LogP contribution >= 0.6 is 25.3 Å². The summed E-state index contributed by atoms with van der Waals surface area (Å²) in [4.78, 5) is 33.6. The minimum Gasteiger partial charge on any atom is -0.456 e. The molecule has 0 spiro atoms. The van der Waals surface area contributed by atoms with E-state index >= 15 is 0 Å². The second-order valence-corrected chi connectivity index (χ2v) is 10.1. The highest BCUT2D eigenvalue weighted by atomic mass is 32.1. The van der Waals surface area contributed by atoms with Gasteiger partial charge in [-0.3, -0.25) is 14.9 Å². The lowest BCUT2D eigenvalue weighted by molar-refractivity contribution is -0.117. The molecule has 2 N–H and O–H groups in total. The van der Waals surface area contributed by atoms with Gasteiger partial charge in [0.05, 0.1) is 11.9 Å². The molecular formula is C30H38N6O4S2. The summed E-state index contributed by atoms with van der Waals surface area (Å²) < 4.78 is 13.2. The van der Waals surface area contributed by atoms with Gasteiger partial charge in [-0.1, -0.05) is 25.8 Å². The van der Waals surface area contributed by atoms with Gasteiger partial charge in [-0.15, -0.1) is 18.3 Å². The van der Waals surface area contributed by atoms with Crippen molar-refractivity contribution in [2.45, 2.75) is 58.1 Å². The van der Waals surface area contributed by atoms with Gasteiger partial charge in [-0.2, -0.15) is 30.2 Å². The van der Waals surface area contributed by atoms with Crippen LogP contribution in [0.15, 0.2) is 54.1 Å². The first kappa shape index (κ1) is 32.7. The fourth-order valence-electron chi connectivity index (χ4n) is 4.14. The number of carbonyl (C=O) groups is 2. The van der Waals surface area contributed by atoms with Gasteiger partial charge < -0.3 is 14.5 Å². The zero-order chi connectivity index (χ0) is 30.8. The number of aryl methyl sites for hydroxylation is 2. The van der Waals surface area contributed by atoms with Crippen LogP contribution in [0.5, 0.6) is 11.5 Å². The van der Waals surface area contributed by atoms with Gasteiger partial charge in [0.15, 0.2) is 11.5 Å². The normalized spacial score (nSPS) is 12.8. The molecule has 1 aliphatic carbocycles. The van der Waals surface area contributed by atoms with Gasteiger partial charge in [0, 0.05) is 29.8 Å². The number of amides is 2. The van der Waals surface area contributed by atoms with Crippen molar-refractivity contribution in [3.63, 3.8) is 0 Å². The molecule has 5 rings (SSSR count). The summed E-state index contributed by atoms with van der Waals surface area (Å²) in [5, 5.41) is 10.00. The van der Waals surface area contributed by atoms with Crippen LogP contribution in [-0.4, -0.2) is 37.7 Å². The van der Waals surface area contributed by atoms with Crippen molar-refractivity contribution < 1.29 is 18.7 Å². The maximum Gasteiger partial charge on any atom is 0.293 e. The van der Waals surface area contributed by atoms with E-state index in [1.165, 1.54) is 0 Å². The SMILES string of the molecule is C=C.CCCCC(S)c1ccc(Oc2ccc3nc(NC(=O)C4CC4)nn3c2)cc1NC(=O)c1oc(C)nc1C.CS. The van der Waals surface area contributed by atoms with Crippen molar-refractivity contribution >= 4 is 54.4 Å². The highest BCUT2D eigenvalue weighted by Crippen LogP contribution is 2.36. The van der Waals surface area contributed by atoms with E-state index in [2.05, 4.69) is 58.4 Å². The molecule has 2 amide bonds. The number of hydrogen-bond acceptors (Lipinski definition) is 9. The van der Waals surface area contributed by atoms with E-state index in [1.807, 2.05) is 12.1 Å². The molecule has 1 saturated carbocycles. The van der Waals surface area contributed by atoms with Crippen molar-refractivity contribution in [2.24, 2.45) is 5.92 Å². The summed E-state index contributed by atoms with van der Waals surface area (Å²) in [6.45, 7) is 11.6. The lowest BCUT2D eigenvalue weighted by Gasteiger charge is -2.18. The largest absolute Gasteiger partial charge is 0.456 e. The first-order valence-electron chi connectivity index (χ1n) is 13.7. The minimum atomic E-state index is -0.387. The third-order valence-electron chi connectivity index (χ3n) is 6.30. The van der Waals surface area contributed by atoms with E-state index in [0.717, 1.165) is 37.7 Å².